The highest BCUT2D eigenvalue weighted by Gasteiger charge is 2.34. The van der Waals surface area contributed by atoms with E-state index >= 15 is 0 Å². The van der Waals surface area contributed by atoms with E-state index in [1.165, 1.54) is 4.88 Å². The van der Waals surface area contributed by atoms with Crippen molar-refractivity contribution in [2.45, 2.75) is 53.4 Å². The summed E-state index contributed by atoms with van der Waals surface area (Å²) >= 11 is 1.57. The van der Waals surface area contributed by atoms with Gasteiger partial charge in [-0.1, -0.05) is 45.4 Å². The summed E-state index contributed by atoms with van der Waals surface area (Å²) < 4.78 is 5.57. The molecule has 1 amide bonds. The van der Waals surface area contributed by atoms with Crippen molar-refractivity contribution in [1.29, 1.82) is 5.26 Å². The number of rotatable bonds is 7. The number of pyridine rings is 1. The van der Waals surface area contributed by atoms with Gasteiger partial charge in [-0.3, -0.25) is 4.79 Å². The molecule has 2 aromatic carbocycles. The van der Waals surface area contributed by atoms with Crippen molar-refractivity contribution in [3.05, 3.63) is 76.2 Å². The Balaban J connectivity index is 1.49. The Labute approximate surface area is 228 Å². The zero-order valence-corrected chi connectivity index (χ0v) is 23.2. The van der Waals surface area contributed by atoms with Gasteiger partial charge in [0.1, 0.15) is 16.8 Å². The number of nitrogens with one attached hydrogen (secondary N) is 1. The van der Waals surface area contributed by atoms with Gasteiger partial charge in [0.15, 0.2) is 0 Å². The molecule has 6 heteroatoms. The molecule has 2 heterocycles. The number of fused-ring (bicyclic) bond motifs is 2. The average Bonchev–Trinajstić information content (AvgIpc) is 3.29. The Kier molecular flexibility index (Phi) is 7.23. The predicted molar refractivity (Wildman–Crippen MR) is 155 cm³/mol. The molecule has 1 aliphatic carbocycles. The van der Waals surface area contributed by atoms with E-state index in [4.69, 9.17) is 9.72 Å². The van der Waals surface area contributed by atoms with Gasteiger partial charge in [-0.05, 0) is 79.5 Å². The van der Waals surface area contributed by atoms with Crippen LogP contribution in [0.4, 0.5) is 5.00 Å². The summed E-state index contributed by atoms with van der Waals surface area (Å²) in [6.45, 7) is 9.47. The lowest BCUT2D eigenvalue weighted by Crippen LogP contribution is -2.28. The quantitative estimate of drug-likeness (QED) is 0.266. The Bertz CT molecular complexity index is 1530. The van der Waals surface area contributed by atoms with Gasteiger partial charge >= 0.3 is 0 Å². The second-order valence-corrected chi connectivity index (χ2v) is 11.7. The van der Waals surface area contributed by atoms with Crippen LogP contribution in [0, 0.1) is 22.7 Å². The highest BCUT2D eigenvalue weighted by atomic mass is 32.1. The van der Waals surface area contributed by atoms with Crippen LogP contribution in [0.5, 0.6) is 5.75 Å². The molecule has 1 unspecified atom stereocenters. The predicted octanol–water partition coefficient (Wildman–Crippen LogP) is 8.03. The number of amides is 1. The first kappa shape index (κ1) is 25.9. The molecule has 0 saturated carbocycles. The first-order valence-corrected chi connectivity index (χ1v) is 14.1. The molecule has 1 aliphatic rings. The number of benzene rings is 2. The monoisotopic (exact) mass is 523 g/mol. The molecule has 2 aromatic heterocycles. The number of thiophene rings is 1. The van der Waals surface area contributed by atoms with E-state index in [9.17, 15) is 10.1 Å². The summed E-state index contributed by atoms with van der Waals surface area (Å²) in [5.41, 5.74) is 4.90. The summed E-state index contributed by atoms with van der Waals surface area (Å²) in [4.78, 5) is 19.8. The number of para-hydroxylation sites is 1. The van der Waals surface area contributed by atoms with E-state index in [0.29, 0.717) is 34.3 Å². The maximum Gasteiger partial charge on any atom is 0.257 e. The van der Waals surface area contributed by atoms with Crippen LogP contribution in [0.25, 0.3) is 22.2 Å². The SMILES string of the molecule is CCOc1ccc(-c2cc(C(=O)Nc3sc4c(c3C#N)CCC(C(C)(C)CC)C4)c3ccccc3n2)cc1. The molecule has 4 aromatic rings. The fourth-order valence-electron chi connectivity index (χ4n) is 5.32. The highest BCUT2D eigenvalue weighted by Crippen LogP contribution is 2.45. The van der Waals surface area contributed by atoms with E-state index in [0.717, 1.165) is 53.5 Å². The van der Waals surface area contributed by atoms with Crippen LogP contribution in [0.15, 0.2) is 54.6 Å². The second kappa shape index (κ2) is 10.6. The average molecular weight is 524 g/mol. The van der Waals surface area contributed by atoms with Crippen LogP contribution in [0.1, 0.15) is 66.9 Å². The number of carbonyl (C=O) groups is 1. The first-order chi connectivity index (χ1) is 18.3. The zero-order valence-electron chi connectivity index (χ0n) is 22.4. The van der Waals surface area contributed by atoms with E-state index in [1.807, 2.05) is 61.5 Å². The summed E-state index contributed by atoms with van der Waals surface area (Å²) in [6.07, 6.45) is 4.05. The number of nitrogens with zero attached hydrogens (tertiary/aromatic N) is 2. The summed E-state index contributed by atoms with van der Waals surface area (Å²) in [5, 5.41) is 14.6. The Hall–Kier alpha value is -3.69. The smallest absolute Gasteiger partial charge is 0.257 e. The van der Waals surface area contributed by atoms with E-state index in [2.05, 4.69) is 32.2 Å². The van der Waals surface area contributed by atoms with Gasteiger partial charge in [0, 0.05) is 15.8 Å². The molecule has 0 saturated heterocycles. The van der Waals surface area contributed by atoms with Gasteiger partial charge in [-0.2, -0.15) is 5.26 Å². The number of nitriles is 1. The molecule has 38 heavy (non-hydrogen) atoms. The van der Waals surface area contributed by atoms with Crippen LogP contribution in [0.2, 0.25) is 0 Å². The molecule has 0 aliphatic heterocycles. The molecule has 5 rings (SSSR count). The minimum absolute atomic E-state index is 0.226. The van der Waals surface area contributed by atoms with E-state index in [-0.39, 0.29) is 11.3 Å². The minimum Gasteiger partial charge on any atom is -0.494 e. The lowest BCUT2D eigenvalue weighted by Gasteiger charge is -2.36. The number of aromatic nitrogens is 1. The zero-order chi connectivity index (χ0) is 26.9. The van der Waals surface area contributed by atoms with Crippen LogP contribution in [-0.4, -0.2) is 17.5 Å². The van der Waals surface area contributed by atoms with Crippen molar-refractivity contribution in [2.24, 2.45) is 11.3 Å². The summed E-state index contributed by atoms with van der Waals surface area (Å²) in [7, 11) is 0. The summed E-state index contributed by atoms with van der Waals surface area (Å²) in [6, 6.07) is 19.7. The summed E-state index contributed by atoms with van der Waals surface area (Å²) in [5.74, 6) is 1.15. The van der Waals surface area contributed by atoms with Gasteiger partial charge in [0.25, 0.3) is 5.91 Å². The molecular weight excluding hydrogens is 490 g/mol. The Morgan fingerprint density at radius 2 is 1.95 bits per heavy atom. The van der Waals surface area contributed by atoms with Crippen molar-refractivity contribution in [2.75, 3.05) is 11.9 Å². The van der Waals surface area contributed by atoms with Gasteiger partial charge < -0.3 is 10.1 Å². The Morgan fingerprint density at radius 3 is 2.66 bits per heavy atom. The van der Waals surface area contributed by atoms with Gasteiger partial charge in [-0.15, -0.1) is 11.3 Å². The van der Waals surface area contributed by atoms with Gasteiger partial charge in [0.05, 0.1) is 28.9 Å². The third kappa shape index (κ3) is 4.91. The number of hydrogen-bond acceptors (Lipinski definition) is 5. The van der Waals surface area contributed by atoms with Crippen molar-refractivity contribution >= 4 is 33.1 Å². The molecule has 5 nitrogen and oxygen atoms in total. The van der Waals surface area contributed by atoms with Crippen molar-refractivity contribution < 1.29 is 9.53 Å². The topological polar surface area (TPSA) is 75.0 Å². The molecule has 1 atom stereocenters. The molecular formula is C32H33N3O2S. The molecule has 0 bridgehead atoms. The molecule has 1 N–H and O–H groups in total. The largest absolute Gasteiger partial charge is 0.494 e. The normalized spacial score (nSPS) is 15.1. The van der Waals surface area contributed by atoms with Crippen molar-refractivity contribution in [3.63, 3.8) is 0 Å². The number of carbonyl (C=O) groups excluding carboxylic acids is 1. The standard InChI is InChI=1S/C32H33N3O2S/c1-5-32(3,4)21-13-16-24-26(19-33)31(38-29(24)17-21)35-30(36)25-18-28(34-27-10-8-7-9-23(25)27)20-11-14-22(15-12-20)37-6-2/h7-12,14-15,18,21H,5-6,13,16-17H2,1-4H3,(H,35,36). The molecule has 194 valence electrons. The third-order valence-corrected chi connectivity index (χ3v) is 9.21. The van der Waals surface area contributed by atoms with Crippen LogP contribution in [-0.2, 0) is 12.8 Å². The van der Waals surface area contributed by atoms with Crippen LogP contribution < -0.4 is 10.1 Å². The van der Waals surface area contributed by atoms with Gasteiger partial charge in [-0.25, -0.2) is 4.98 Å². The van der Waals surface area contributed by atoms with E-state index < -0.39 is 0 Å². The minimum atomic E-state index is -0.226. The van der Waals surface area contributed by atoms with Crippen molar-refractivity contribution in [1.82, 2.24) is 4.98 Å². The van der Waals surface area contributed by atoms with E-state index in [1.54, 1.807) is 11.3 Å². The number of hydrogen-bond donors (Lipinski definition) is 1. The molecule has 0 fully saturated rings. The molecule has 0 spiro atoms. The lowest BCUT2D eigenvalue weighted by molar-refractivity contribution is 0.102. The fourth-order valence-corrected chi connectivity index (χ4v) is 6.59. The van der Waals surface area contributed by atoms with Gasteiger partial charge in [0.2, 0.25) is 0 Å². The Morgan fingerprint density at radius 1 is 1.18 bits per heavy atom. The van der Waals surface area contributed by atoms with Crippen LogP contribution >= 0.6 is 11.3 Å². The molecule has 0 radical (unpaired) electrons. The maximum atomic E-state index is 13.7. The number of ether oxygens (including phenoxy) is 1. The third-order valence-electron chi connectivity index (χ3n) is 8.04. The second-order valence-electron chi connectivity index (χ2n) is 10.6. The first-order valence-electron chi connectivity index (χ1n) is 13.3. The highest BCUT2D eigenvalue weighted by molar-refractivity contribution is 7.16. The van der Waals surface area contributed by atoms with Crippen LogP contribution in [0.3, 0.4) is 0 Å². The lowest BCUT2D eigenvalue weighted by atomic mass is 9.69. The maximum absolute atomic E-state index is 13.7. The number of anilines is 1. The van der Waals surface area contributed by atoms with Crippen molar-refractivity contribution in [3.8, 4) is 23.1 Å². The fraction of sp³-hybridized carbons (Fsp3) is 0.344.